The van der Waals surface area contributed by atoms with Crippen LogP contribution < -0.4 is 16.4 Å². The smallest absolute Gasteiger partial charge is 0.000676 e. The molecule has 0 atom stereocenters. The molecule has 0 aromatic carbocycles. The lowest BCUT2D eigenvalue weighted by Gasteiger charge is -2.20. The van der Waals surface area contributed by atoms with Gasteiger partial charge in [0.15, 0.2) is 0 Å². The van der Waals surface area contributed by atoms with Crippen molar-refractivity contribution in [3.05, 3.63) is 0 Å². The molecule has 0 radical (unpaired) electrons. The first-order valence-corrected chi connectivity index (χ1v) is 9.19. The summed E-state index contributed by atoms with van der Waals surface area (Å²) in [5.74, 6) is 0. The van der Waals surface area contributed by atoms with E-state index in [0.29, 0.717) is 0 Å². The molecular weight excluding hydrogens is 260 g/mol. The quantitative estimate of drug-likeness (QED) is 0.361. The molecular formula is C17H40N4. The van der Waals surface area contributed by atoms with Gasteiger partial charge in [0.2, 0.25) is 0 Å². The third kappa shape index (κ3) is 16.0. The number of hydrogen-bond acceptors (Lipinski definition) is 4. The SMILES string of the molecule is CCCCCCN(CC)CCCNCCCNCCCN. The van der Waals surface area contributed by atoms with Crippen LogP contribution in [0.25, 0.3) is 0 Å². The molecule has 0 aliphatic heterocycles. The Morgan fingerprint density at radius 1 is 0.714 bits per heavy atom. The highest BCUT2D eigenvalue weighted by atomic mass is 15.1. The number of nitrogens with zero attached hydrogens (tertiary/aromatic N) is 1. The van der Waals surface area contributed by atoms with Crippen LogP contribution >= 0.6 is 0 Å². The summed E-state index contributed by atoms with van der Waals surface area (Å²) in [5.41, 5.74) is 5.45. The van der Waals surface area contributed by atoms with Crippen molar-refractivity contribution in [2.24, 2.45) is 5.73 Å². The van der Waals surface area contributed by atoms with Crippen LogP contribution in [0, 0.1) is 0 Å². The van der Waals surface area contributed by atoms with E-state index in [2.05, 4.69) is 29.4 Å². The fraction of sp³-hybridized carbons (Fsp3) is 1.00. The van der Waals surface area contributed by atoms with Crippen LogP contribution in [0.1, 0.15) is 58.8 Å². The molecule has 0 saturated carbocycles. The van der Waals surface area contributed by atoms with Gasteiger partial charge in [0.05, 0.1) is 0 Å². The molecule has 0 rings (SSSR count). The summed E-state index contributed by atoms with van der Waals surface area (Å²) in [4.78, 5) is 2.59. The predicted octanol–water partition coefficient (Wildman–Crippen LogP) is 2.20. The van der Waals surface area contributed by atoms with Crippen LogP contribution in [0.4, 0.5) is 0 Å². The molecule has 0 aromatic heterocycles. The van der Waals surface area contributed by atoms with Gasteiger partial charge in [0.25, 0.3) is 0 Å². The van der Waals surface area contributed by atoms with Crippen molar-refractivity contribution >= 4 is 0 Å². The largest absolute Gasteiger partial charge is 0.330 e. The molecule has 4 heteroatoms. The average molecular weight is 301 g/mol. The third-order valence-corrected chi connectivity index (χ3v) is 3.87. The van der Waals surface area contributed by atoms with E-state index in [9.17, 15) is 0 Å². The minimum atomic E-state index is 0.789. The first-order valence-electron chi connectivity index (χ1n) is 9.19. The van der Waals surface area contributed by atoms with Gasteiger partial charge in [-0.05, 0) is 78.0 Å². The Balaban J connectivity index is 3.23. The molecule has 0 aromatic rings. The van der Waals surface area contributed by atoms with E-state index < -0.39 is 0 Å². The van der Waals surface area contributed by atoms with Gasteiger partial charge in [-0.1, -0.05) is 33.1 Å². The van der Waals surface area contributed by atoms with Crippen molar-refractivity contribution in [3.8, 4) is 0 Å². The molecule has 0 saturated heterocycles. The Bertz CT molecular complexity index is 188. The topological polar surface area (TPSA) is 53.3 Å². The summed E-state index contributed by atoms with van der Waals surface area (Å²) in [6.07, 6.45) is 9.03. The van der Waals surface area contributed by atoms with E-state index in [4.69, 9.17) is 5.73 Å². The van der Waals surface area contributed by atoms with Crippen molar-refractivity contribution < 1.29 is 0 Å². The summed E-state index contributed by atoms with van der Waals surface area (Å²) < 4.78 is 0. The van der Waals surface area contributed by atoms with Crippen LogP contribution in [0.3, 0.4) is 0 Å². The van der Waals surface area contributed by atoms with E-state index in [1.54, 1.807) is 0 Å². The Hall–Kier alpha value is -0.160. The Morgan fingerprint density at radius 3 is 1.95 bits per heavy atom. The van der Waals surface area contributed by atoms with Gasteiger partial charge in [-0.15, -0.1) is 0 Å². The molecule has 0 aliphatic rings. The zero-order valence-electron chi connectivity index (χ0n) is 14.6. The highest BCUT2D eigenvalue weighted by Gasteiger charge is 2.01. The summed E-state index contributed by atoms with van der Waals surface area (Å²) in [6.45, 7) is 13.5. The lowest BCUT2D eigenvalue weighted by atomic mass is 10.2. The molecule has 0 amide bonds. The lowest BCUT2D eigenvalue weighted by molar-refractivity contribution is 0.276. The maximum Gasteiger partial charge on any atom is -0.000676 e. The standard InChI is InChI=1S/C17H40N4/c1-3-5-6-7-16-21(4-2)17-10-15-20-14-9-13-19-12-8-11-18/h19-20H,3-18H2,1-2H3. The minimum Gasteiger partial charge on any atom is -0.330 e. The molecule has 4 nitrogen and oxygen atoms in total. The molecule has 4 N–H and O–H groups in total. The second-order valence-electron chi connectivity index (χ2n) is 5.84. The fourth-order valence-corrected chi connectivity index (χ4v) is 2.43. The summed E-state index contributed by atoms with van der Waals surface area (Å²) in [6, 6.07) is 0. The van der Waals surface area contributed by atoms with Crippen molar-refractivity contribution in [2.45, 2.75) is 58.8 Å². The fourth-order valence-electron chi connectivity index (χ4n) is 2.43. The van der Waals surface area contributed by atoms with Gasteiger partial charge in [0, 0.05) is 0 Å². The molecule has 0 aliphatic carbocycles. The predicted molar refractivity (Wildman–Crippen MR) is 94.9 cm³/mol. The Morgan fingerprint density at radius 2 is 1.33 bits per heavy atom. The highest BCUT2D eigenvalue weighted by Crippen LogP contribution is 2.01. The number of rotatable bonds is 17. The van der Waals surface area contributed by atoms with Crippen LogP contribution in [-0.4, -0.2) is 57.3 Å². The summed E-state index contributed by atoms with van der Waals surface area (Å²) >= 11 is 0. The highest BCUT2D eigenvalue weighted by molar-refractivity contribution is 4.58. The third-order valence-electron chi connectivity index (χ3n) is 3.87. The molecule has 21 heavy (non-hydrogen) atoms. The maximum atomic E-state index is 5.45. The first-order chi connectivity index (χ1) is 10.3. The minimum absolute atomic E-state index is 0.789. The number of unbranched alkanes of at least 4 members (excludes halogenated alkanes) is 3. The van der Waals surface area contributed by atoms with Crippen molar-refractivity contribution in [3.63, 3.8) is 0 Å². The molecule has 0 spiro atoms. The zero-order chi connectivity index (χ0) is 15.6. The Kier molecular flexibility index (Phi) is 17.8. The zero-order valence-corrected chi connectivity index (χ0v) is 14.6. The van der Waals surface area contributed by atoms with E-state index >= 15 is 0 Å². The van der Waals surface area contributed by atoms with Crippen molar-refractivity contribution in [2.75, 3.05) is 52.4 Å². The Labute approximate surface area is 133 Å². The van der Waals surface area contributed by atoms with E-state index in [0.717, 1.165) is 39.1 Å². The van der Waals surface area contributed by atoms with Crippen molar-refractivity contribution in [1.82, 2.24) is 15.5 Å². The van der Waals surface area contributed by atoms with E-state index in [1.807, 2.05) is 0 Å². The van der Waals surface area contributed by atoms with E-state index in [1.165, 1.54) is 58.2 Å². The molecule has 0 heterocycles. The summed E-state index contributed by atoms with van der Waals surface area (Å²) in [5, 5.41) is 6.95. The number of hydrogen-bond donors (Lipinski definition) is 3. The van der Waals surface area contributed by atoms with Gasteiger partial charge < -0.3 is 21.3 Å². The maximum absolute atomic E-state index is 5.45. The monoisotopic (exact) mass is 300 g/mol. The average Bonchev–Trinajstić information content (AvgIpc) is 2.51. The van der Waals surface area contributed by atoms with Gasteiger partial charge in [-0.25, -0.2) is 0 Å². The summed E-state index contributed by atoms with van der Waals surface area (Å²) in [7, 11) is 0. The van der Waals surface area contributed by atoms with Crippen LogP contribution in [0.2, 0.25) is 0 Å². The van der Waals surface area contributed by atoms with E-state index in [-0.39, 0.29) is 0 Å². The lowest BCUT2D eigenvalue weighted by Crippen LogP contribution is -2.29. The second kappa shape index (κ2) is 17.9. The van der Waals surface area contributed by atoms with Gasteiger partial charge in [-0.2, -0.15) is 0 Å². The van der Waals surface area contributed by atoms with Gasteiger partial charge >= 0.3 is 0 Å². The first kappa shape index (κ1) is 20.8. The van der Waals surface area contributed by atoms with Crippen LogP contribution in [-0.2, 0) is 0 Å². The number of nitrogens with one attached hydrogen (secondary N) is 2. The van der Waals surface area contributed by atoms with Gasteiger partial charge in [0.1, 0.15) is 0 Å². The molecule has 128 valence electrons. The van der Waals surface area contributed by atoms with Crippen LogP contribution in [0.15, 0.2) is 0 Å². The number of nitrogens with two attached hydrogens (primary N) is 1. The normalized spacial score (nSPS) is 11.4. The molecule has 0 fully saturated rings. The second-order valence-corrected chi connectivity index (χ2v) is 5.84. The van der Waals surface area contributed by atoms with Crippen molar-refractivity contribution in [1.29, 1.82) is 0 Å². The molecule has 0 bridgehead atoms. The molecule has 0 unspecified atom stereocenters. The van der Waals surface area contributed by atoms with Gasteiger partial charge in [-0.3, -0.25) is 0 Å². The van der Waals surface area contributed by atoms with Crippen LogP contribution in [0.5, 0.6) is 0 Å².